The van der Waals surface area contributed by atoms with E-state index in [-0.39, 0.29) is 11.6 Å². The molecule has 11 nitrogen and oxygen atoms in total. The van der Waals surface area contributed by atoms with Crippen LogP contribution in [0, 0.1) is 17.8 Å². The Morgan fingerprint density at radius 2 is 1.55 bits per heavy atom. The van der Waals surface area contributed by atoms with Gasteiger partial charge in [-0.1, -0.05) is 98.5 Å². The molecule has 0 aromatic carbocycles. The van der Waals surface area contributed by atoms with Crippen molar-refractivity contribution in [3.63, 3.8) is 0 Å². The van der Waals surface area contributed by atoms with Gasteiger partial charge in [0.05, 0.1) is 19.6 Å². The lowest BCUT2D eigenvalue weighted by molar-refractivity contribution is -0.169. The third-order valence-corrected chi connectivity index (χ3v) is 7.96. The summed E-state index contributed by atoms with van der Waals surface area (Å²) in [6, 6.07) is -1.82. The summed E-state index contributed by atoms with van der Waals surface area (Å²) >= 11 is 0. The van der Waals surface area contributed by atoms with Crippen molar-refractivity contribution >= 4 is 29.7 Å². The van der Waals surface area contributed by atoms with Crippen molar-refractivity contribution < 1.29 is 38.6 Å². The minimum atomic E-state index is -2.07. The normalized spacial score (nSPS) is 22.8. The van der Waals surface area contributed by atoms with E-state index in [2.05, 4.69) is 35.8 Å². The average Bonchev–Trinajstić information content (AvgIpc) is 2.97. The topological polar surface area (TPSA) is 151 Å². The highest BCUT2D eigenvalue weighted by Gasteiger charge is 2.40. The van der Waals surface area contributed by atoms with Crippen molar-refractivity contribution in [3.05, 3.63) is 24.4 Å². The predicted octanol–water partition coefficient (Wildman–Crippen LogP) is 3.79. The maximum atomic E-state index is 13.4. The van der Waals surface area contributed by atoms with Crippen molar-refractivity contribution in [1.82, 2.24) is 15.5 Å². The van der Waals surface area contributed by atoms with Crippen LogP contribution in [0.5, 0.6) is 0 Å². The number of carbonyl (C=O) groups is 5. The molecule has 11 heteroatoms. The molecule has 1 aliphatic heterocycles. The monoisotopic (exact) mass is 621 g/mol. The van der Waals surface area contributed by atoms with Crippen molar-refractivity contribution in [2.24, 2.45) is 17.8 Å². The van der Waals surface area contributed by atoms with E-state index >= 15 is 0 Å². The smallest absolute Gasteiger partial charge is 0.337 e. The highest BCUT2D eigenvalue weighted by Crippen LogP contribution is 2.25. The van der Waals surface area contributed by atoms with E-state index in [0.29, 0.717) is 6.42 Å². The molecule has 0 fully saturated rings. The Morgan fingerprint density at radius 3 is 2.09 bits per heavy atom. The minimum absolute atomic E-state index is 0.152. The second kappa shape index (κ2) is 20.7. The third-order valence-electron chi connectivity index (χ3n) is 7.96. The Labute approximate surface area is 263 Å². The van der Waals surface area contributed by atoms with Crippen LogP contribution >= 0.6 is 0 Å². The number of esters is 2. The number of carbonyl (C=O) groups excluding carboxylic acids is 5. The van der Waals surface area contributed by atoms with E-state index in [4.69, 9.17) is 4.74 Å². The van der Waals surface area contributed by atoms with Crippen LogP contribution < -0.4 is 10.6 Å². The van der Waals surface area contributed by atoms with Crippen LogP contribution in [0.4, 0.5) is 0 Å². The Bertz CT molecular complexity index is 996. The van der Waals surface area contributed by atoms with Crippen LogP contribution in [0.3, 0.4) is 0 Å². The van der Waals surface area contributed by atoms with E-state index in [1.165, 1.54) is 51.6 Å². The van der Waals surface area contributed by atoms with Crippen LogP contribution in [0.25, 0.3) is 0 Å². The highest BCUT2D eigenvalue weighted by molar-refractivity contribution is 5.94. The summed E-state index contributed by atoms with van der Waals surface area (Å²) in [5.74, 6) is -4.47. The minimum Gasteiger partial charge on any atom is -0.467 e. The fraction of sp³-hybridized carbons (Fsp3) is 0.727. The first kappa shape index (κ1) is 38.8. The molecule has 0 saturated heterocycles. The first-order valence-corrected chi connectivity index (χ1v) is 16.0. The molecule has 5 atom stereocenters. The molecule has 0 aromatic rings. The lowest BCUT2D eigenvalue weighted by Crippen LogP contribution is -2.56. The van der Waals surface area contributed by atoms with Gasteiger partial charge >= 0.3 is 11.9 Å². The Morgan fingerprint density at radius 1 is 1.00 bits per heavy atom. The van der Waals surface area contributed by atoms with Crippen molar-refractivity contribution in [2.75, 3.05) is 20.7 Å². The van der Waals surface area contributed by atoms with E-state index < -0.39 is 60.4 Å². The quantitative estimate of drug-likeness (QED) is 0.185. The molecule has 0 radical (unpaired) electrons. The molecule has 0 aliphatic carbocycles. The zero-order valence-electron chi connectivity index (χ0n) is 27.6. The van der Waals surface area contributed by atoms with Gasteiger partial charge in [-0.2, -0.15) is 0 Å². The molecule has 250 valence electrons. The van der Waals surface area contributed by atoms with Crippen LogP contribution in [0.15, 0.2) is 24.4 Å². The van der Waals surface area contributed by atoms with Gasteiger partial charge in [0.25, 0.3) is 0 Å². The van der Waals surface area contributed by atoms with Crippen LogP contribution in [0.1, 0.15) is 98.3 Å². The number of hydrogen-bond donors (Lipinski definition) is 3. The number of aliphatic hydroxyl groups excluding tert-OH is 1. The first-order chi connectivity index (χ1) is 20.8. The highest BCUT2D eigenvalue weighted by atomic mass is 16.6. The maximum Gasteiger partial charge on any atom is 0.337 e. The number of amides is 3. The zero-order chi connectivity index (χ0) is 33.2. The van der Waals surface area contributed by atoms with Crippen LogP contribution in [-0.4, -0.2) is 78.6 Å². The molecule has 0 bridgehead atoms. The summed E-state index contributed by atoms with van der Waals surface area (Å²) in [6.45, 7) is 11.3. The number of nitrogens with one attached hydrogen (secondary N) is 2. The number of rotatable bonds is 15. The van der Waals surface area contributed by atoms with Crippen molar-refractivity contribution in [1.29, 1.82) is 0 Å². The second-order valence-electron chi connectivity index (χ2n) is 12.4. The van der Waals surface area contributed by atoms with Gasteiger partial charge in [-0.05, 0) is 24.3 Å². The number of nitrogens with zero attached hydrogens (tertiary/aromatic N) is 1. The molecule has 3 amide bonds. The van der Waals surface area contributed by atoms with Gasteiger partial charge in [0.15, 0.2) is 12.1 Å². The number of ether oxygens (including phenoxy) is 2. The predicted molar refractivity (Wildman–Crippen MR) is 168 cm³/mol. The SMILES string of the molecule is C=C1/C=C/C(=O)N(C)CC(=O)N[C@@H]([C@H](O)C(=O)OC)C(=O)O[C@@H]([C@@H](C)CCCCCCCCCCCC(C)C)[C@H](C)C(=O)N1. The number of unbranched alkanes of at least 4 members (excludes halogenated alkanes) is 8. The Kier molecular flexibility index (Phi) is 18.3. The molecule has 3 N–H and O–H groups in total. The van der Waals surface area contributed by atoms with Gasteiger partial charge in [0.1, 0.15) is 6.10 Å². The lowest BCUT2D eigenvalue weighted by atomic mass is 9.88. The van der Waals surface area contributed by atoms with Crippen LogP contribution in [-0.2, 0) is 33.4 Å². The summed E-state index contributed by atoms with van der Waals surface area (Å²) in [7, 11) is 2.38. The van der Waals surface area contributed by atoms with Gasteiger partial charge in [-0.3, -0.25) is 14.4 Å². The third kappa shape index (κ3) is 14.5. The van der Waals surface area contributed by atoms with Gasteiger partial charge in [-0.15, -0.1) is 0 Å². The number of allylic oxidation sites excluding steroid dienone is 1. The summed E-state index contributed by atoms with van der Waals surface area (Å²) in [5.41, 5.74) is 0.152. The number of cyclic esters (lactones) is 1. The van der Waals surface area contributed by atoms with Gasteiger partial charge < -0.3 is 30.1 Å². The molecule has 1 rings (SSSR count). The van der Waals surface area contributed by atoms with E-state index in [1.807, 2.05) is 6.92 Å². The number of methoxy groups -OCH3 is 1. The fourth-order valence-electron chi connectivity index (χ4n) is 5.14. The van der Waals surface area contributed by atoms with E-state index in [1.54, 1.807) is 6.92 Å². The summed E-state index contributed by atoms with van der Waals surface area (Å²) in [5, 5.41) is 15.4. The van der Waals surface area contributed by atoms with Crippen molar-refractivity contribution in [3.8, 4) is 0 Å². The number of hydrogen-bond acceptors (Lipinski definition) is 8. The molecule has 44 heavy (non-hydrogen) atoms. The molecule has 1 aliphatic rings. The van der Waals surface area contributed by atoms with E-state index in [0.717, 1.165) is 49.7 Å². The summed E-state index contributed by atoms with van der Waals surface area (Å²) in [6.07, 6.45) is 11.9. The Hall–Kier alpha value is -3.21. The molecule has 0 aromatic heterocycles. The largest absolute Gasteiger partial charge is 0.467 e. The molecule has 0 saturated carbocycles. The maximum absolute atomic E-state index is 13.4. The van der Waals surface area contributed by atoms with Crippen LogP contribution in [0.2, 0.25) is 0 Å². The van der Waals surface area contributed by atoms with Gasteiger partial charge in [-0.25, -0.2) is 9.59 Å². The first-order valence-electron chi connectivity index (χ1n) is 16.0. The zero-order valence-corrected chi connectivity index (χ0v) is 27.6. The summed E-state index contributed by atoms with van der Waals surface area (Å²) < 4.78 is 10.3. The lowest BCUT2D eigenvalue weighted by Gasteiger charge is -2.31. The molecule has 0 spiro atoms. The molecule has 1 heterocycles. The van der Waals surface area contributed by atoms with Gasteiger partial charge in [0.2, 0.25) is 17.7 Å². The van der Waals surface area contributed by atoms with E-state index in [9.17, 15) is 29.1 Å². The summed E-state index contributed by atoms with van der Waals surface area (Å²) in [4.78, 5) is 64.8. The fourth-order valence-corrected chi connectivity index (χ4v) is 5.14. The Balaban J connectivity index is 2.96. The number of aliphatic hydroxyl groups is 1. The average molecular weight is 622 g/mol. The van der Waals surface area contributed by atoms with Gasteiger partial charge in [0, 0.05) is 18.8 Å². The molecular formula is C33H55N3O8. The molecule has 0 unspecified atom stereocenters. The second-order valence-corrected chi connectivity index (χ2v) is 12.4. The molecular weight excluding hydrogens is 566 g/mol. The number of likely N-dealkylation sites (N-methyl/N-ethyl adjacent to an activating group) is 1. The standard InChI is InChI=1S/C33H55N3O8/c1-22(2)17-15-13-11-9-8-10-12-14-16-18-23(3)30-25(5)31(40)34-24(4)19-20-27(38)36(6)21-26(37)35-28(32(41)44-30)29(39)33(42)43-7/h19-20,22-23,25,28-30,39H,4,8-18,21H2,1-3,5-7H3,(H,34,40)(H,35,37)/b20-19+/t23-,25-,28-,29-,30-/m0/s1. The van der Waals surface area contributed by atoms with Crippen molar-refractivity contribution in [2.45, 2.75) is 117 Å².